The molecule has 0 aromatic carbocycles. The van der Waals surface area contributed by atoms with E-state index in [9.17, 15) is 9.59 Å². The molecule has 2 saturated heterocycles. The quantitative estimate of drug-likeness (QED) is 0.694. The topological polar surface area (TPSA) is 40.6 Å². The molecule has 2 heterocycles. The number of alkyl halides is 2. The first-order chi connectivity index (χ1) is 8.17. The molecule has 0 aromatic heterocycles. The van der Waals surface area contributed by atoms with Gasteiger partial charge in [0.25, 0.3) is 5.91 Å². The fourth-order valence-corrected chi connectivity index (χ4v) is 3.17. The lowest BCUT2D eigenvalue weighted by atomic mass is 9.86. The SMILES string of the molecule is CC1(C)CN2C(=O)CCC2(C)N(C(=O)C(Cl)Cl)C1. The number of fused-ring (bicyclic) bond motifs is 1. The van der Waals surface area contributed by atoms with E-state index in [0.717, 1.165) is 0 Å². The lowest BCUT2D eigenvalue weighted by molar-refractivity contribution is -0.163. The zero-order valence-electron chi connectivity index (χ0n) is 10.9. The smallest absolute Gasteiger partial charge is 0.257 e. The summed E-state index contributed by atoms with van der Waals surface area (Å²) in [4.78, 5) is 26.5. The third-order valence-corrected chi connectivity index (χ3v) is 4.27. The van der Waals surface area contributed by atoms with Crippen molar-refractivity contribution in [2.24, 2.45) is 5.41 Å². The van der Waals surface area contributed by atoms with Crippen molar-refractivity contribution >= 4 is 35.0 Å². The summed E-state index contributed by atoms with van der Waals surface area (Å²) in [5.41, 5.74) is -0.705. The van der Waals surface area contributed by atoms with E-state index in [-0.39, 0.29) is 17.2 Å². The summed E-state index contributed by atoms with van der Waals surface area (Å²) in [6.45, 7) is 7.23. The predicted molar refractivity (Wildman–Crippen MR) is 70.3 cm³/mol. The van der Waals surface area contributed by atoms with Gasteiger partial charge in [-0.2, -0.15) is 0 Å². The minimum Gasteiger partial charge on any atom is -0.319 e. The van der Waals surface area contributed by atoms with Crippen LogP contribution >= 0.6 is 23.2 Å². The monoisotopic (exact) mass is 292 g/mol. The van der Waals surface area contributed by atoms with Gasteiger partial charge in [0, 0.05) is 24.9 Å². The number of halogens is 2. The molecule has 102 valence electrons. The standard InChI is InChI=1S/C12H18Cl2N2O2/c1-11(2)6-15-8(17)4-5-12(15,3)16(7-11)10(18)9(13)14/h9H,4-7H2,1-3H3. The van der Waals surface area contributed by atoms with Gasteiger partial charge in [0.05, 0.1) is 0 Å². The molecule has 1 unspecified atom stereocenters. The number of rotatable bonds is 1. The first-order valence-electron chi connectivity index (χ1n) is 6.07. The van der Waals surface area contributed by atoms with Gasteiger partial charge < -0.3 is 9.80 Å². The van der Waals surface area contributed by atoms with Gasteiger partial charge in [0.1, 0.15) is 5.66 Å². The van der Waals surface area contributed by atoms with Crippen molar-refractivity contribution in [2.45, 2.75) is 44.1 Å². The van der Waals surface area contributed by atoms with Crippen LogP contribution in [-0.2, 0) is 9.59 Å². The minimum atomic E-state index is -1.08. The molecule has 0 N–H and O–H groups in total. The molecule has 2 amide bonds. The van der Waals surface area contributed by atoms with E-state index in [2.05, 4.69) is 0 Å². The second kappa shape index (κ2) is 4.27. The van der Waals surface area contributed by atoms with E-state index in [1.807, 2.05) is 20.8 Å². The highest BCUT2D eigenvalue weighted by molar-refractivity contribution is 6.53. The summed E-state index contributed by atoms with van der Waals surface area (Å²) in [6, 6.07) is 0. The molecule has 0 aliphatic carbocycles. The zero-order chi connectivity index (χ0) is 13.7. The Morgan fingerprint density at radius 1 is 1.28 bits per heavy atom. The van der Waals surface area contributed by atoms with Crippen LogP contribution in [0.25, 0.3) is 0 Å². The van der Waals surface area contributed by atoms with Crippen molar-refractivity contribution in [3.63, 3.8) is 0 Å². The highest BCUT2D eigenvalue weighted by atomic mass is 35.5. The molecular weight excluding hydrogens is 275 g/mol. The molecule has 2 aliphatic rings. The van der Waals surface area contributed by atoms with Gasteiger partial charge in [-0.15, -0.1) is 0 Å². The van der Waals surface area contributed by atoms with Crippen molar-refractivity contribution in [1.82, 2.24) is 9.80 Å². The normalized spacial score (nSPS) is 30.9. The van der Waals surface area contributed by atoms with Crippen LogP contribution in [0.5, 0.6) is 0 Å². The Morgan fingerprint density at radius 2 is 1.89 bits per heavy atom. The van der Waals surface area contributed by atoms with Crippen molar-refractivity contribution < 1.29 is 9.59 Å². The predicted octanol–water partition coefficient (Wildman–Crippen LogP) is 2.00. The average Bonchev–Trinajstić information content (AvgIpc) is 2.54. The number of nitrogens with zero attached hydrogens (tertiary/aromatic N) is 2. The van der Waals surface area contributed by atoms with Crippen LogP contribution in [0.2, 0.25) is 0 Å². The first-order valence-corrected chi connectivity index (χ1v) is 6.95. The van der Waals surface area contributed by atoms with Crippen LogP contribution < -0.4 is 0 Å². The number of carbonyl (C=O) groups excluding carboxylic acids is 2. The Balaban J connectivity index is 2.37. The summed E-state index contributed by atoms with van der Waals surface area (Å²) in [7, 11) is 0. The number of amides is 2. The lowest BCUT2D eigenvalue weighted by Crippen LogP contribution is -2.67. The van der Waals surface area contributed by atoms with Crippen molar-refractivity contribution in [3.8, 4) is 0 Å². The summed E-state index contributed by atoms with van der Waals surface area (Å²) >= 11 is 11.4. The van der Waals surface area contributed by atoms with Gasteiger partial charge in [-0.3, -0.25) is 9.59 Å². The molecular formula is C12H18Cl2N2O2. The van der Waals surface area contributed by atoms with Crippen LogP contribution in [-0.4, -0.2) is 45.2 Å². The number of carbonyl (C=O) groups is 2. The van der Waals surface area contributed by atoms with Crippen molar-refractivity contribution in [2.75, 3.05) is 13.1 Å². The molecule has 0 spiro atoms. The van der Waals surface area contributed by atoms with E-state index in [1.54, 1.807) is 9.80 Å². The van der Waals surface area contributed by atoms with Crippen LogP contribution in [0.1, 0.15) is 33.6 Å². The fourth-order valence-electron chi connectivity index (χ4n) is 2.93. The molecule has 0 aromatic rings. The maximum Gasteiger partial charge on any atom is 0.257 e. The Hall–Kier alpha value is -0.480. The highest BCUT2D eigenvalue weighted by Gasteiger charge is 2.54. The van der Waals surface area contributed by atoms with Gasteiger partial charge in [-0.05, 0) is 13.3 Å². The molecule has 2 aliphatic heterocycles. The Kier molecular flexibility index (Phi) is 3.31. The largest absolute Gasteiger partial charge is 0.319 e. The van der Waals surface area contributed by atoms with Gasteiger partial charge >= 0.3 is 0 Å². The second-order valence-electron chi connectivity index (χ2n) is 6.09. The summed E-state index contributed by atoms with van der Waals surface area (Å²) in [5, 5.41) is 0. The maximum atomic E-state index is 12.2. The first kappa shape index (κ1) is 13.9. The van der Waals surface area contributed by atoms with Gasteiger partial charge in [-0.1, -0.05) is 37.0 Å². The molecule has 2 fully saturated rings. The third-order valence-electron chi connectivity index (χ3n) is 3.90. The van der Waals surface area contributed by atoms with Gasteiger partial charge in [-0.25, -0.2) is 0 Å². The molecule has 0 saturated carbocycles. The van der Waals surface area contributed by atoms with E-state index in [0.29, 0.717) is 25.9 Å². The Morgan fingerprint density at radius 3 is 2.44 bits per heavy atom. The summed E-state index contributed by atoms with van der Waals surface area (Å²) < 4.78 is 0. The molecule has 0 radical (unpaired) electrons. The van der Waals surface area contributed by atoms with E-state index in [4.69, 9.17) is 23.2 Å². The lowest BCUT2D eigenvalue weighted by Gasteiger charge is -2.54. The molecule has 1 atom stereocenters. The molecule has 6 heteroatoms. The molecule has 18 heavy (non-hydrogen) atoms. The Labute approximate surface area is 117 Å². The fraction of sp³-hybridized carbons (Fsp3) is 0.833. The van der Waals surface area contributed by atoms with Gasteiger partial charge in [0.2, 0.25) is 5.91 Å². The zero-order valence-corrected chi connectivity index (χ0v) is 12.4. The number of hydrogen-bond acceptors (Lipinski definition) is 2. The van der Waals surface area contributed by atoms with E-state index < -0.39 is 10.5 Å². The molecule has 4 nitrogen and oxygen atoms in total. The number of hydrogen-bond donors (Lipinski definition) is 0. The van der Waals surface area contributed by atoms with Crippen molar-refractivity contribution in [3.05, 3.63) is 0 Å². The van der Waals surface area contributed by atoms with E-state index in [1.165, 1.54) is 0 Å². The highest BCUT2D eigenvalue weighted by Crippen LogP contribution is 2.42. The molecule has 0 bridgehead atoms. The third kappa shape index (κ3) is 2.10. The van der Waals surface area contributed by atoms with Crippen LogP contribution in [0.4, 0.5) is 0 Å². The summed E-state index contributed by atoms with van der Waals surface area (Å²) in [5.74, 6) is -0.211. The minimum absolute atomic E-state index is 0.101. The van der Waals surface area contributed by atoms with Gasteiger partial charge in [0.15, 0.2) is 4.84 Å². The summed E-state index contributed by atoms with van der Waals surface area (Å²) in [6.07, 6.45) is 1.12. The second-order valence-corrected chi connectivity index (χ2v) is 7.18. The van der Waals surface area contributed by atoms with Crippen LogP contribution in [0, 0.1) is 5.41 Å². The Bertz CT molecular complexity index is 398. The van der Waals surface area contributed by atoms with Crippen LogP contribution in [0.15, 0.2) is 0 Å². The van der Waals surface area contributed by atoms with Crippen LogP contribution in [0.3, 0.4) is 0 Å². The average molecular weight is 293 g/mol. The van der Waals surface area contributed by atoms with Crippen molar-refractivity contribution in [1.29, 1.82) is 0 Å². The molecule has 2 rings (SSSR count). The van der Waals surface area contributed by atoms with E-state index >= 15 is 0 Å². The maximum absolute atomic E-state index is 12.2.